The smallest absolute Gasteiger partial charge is 0.358 e. The Balaban J connectivity index is 2.29. The number of halogens is 2. The van der Waals surface area contributed by atoms with E-state index in [2.05, 4.69) is 5.10 Å². The van der Waals surface area contributed by atoms with Crippen molar-refractivity contribution in [3.05, 3.63) is 46.5 Å². The topological polar surface area (TPSA) is 81.1 Å². The van der Waals surface area contributed by atoms with E-state index in [9.17, 15) is 9.18 Å². The fourth-order valence-electron chi connectivity index (χ4n) is 1.51. The molecule has 0 atom stereocenters. The molecule has 0 fully saturated rings. The van der Waals surface area contributed by atoms with Gasteiger partial charge in [-0.1, -0.05) is 17.7 Å². The summed E-state index contributed by atoms with van der Waals surface area (Å²) in [5, 5.41) is 12.8. The molecule has 0 amide bonds. The zero-order valence-electron chi connectivity index (χ0n) is 9.10. The Kier molecular flexibility index (Phi) is 3.20. The molecular formula is C11H9ClFN3O2. The Hall–Kier alpha value is -2.08. The van der Waals surface area contributed by atoms with Gasteiger partial charge in [0.2, 0.25) is 0 Å². The molecule has 1 aromatic heterocycles. The zero-order chi connectivity index (χ0) is 13.3. The summed E-state index contributed by atoms with van der Waals surface area (Å²) in [6, 6.07) is 4.24. The molecule has 1 aromatic carbocycles. The Bertz CT molecular complexity index is 612. The van der Waals surface area contributed by atoms with Gasteiger partial charge in [-0.3, -0.25) is 4.68 Å². The first-order chi connectivity index (χ1) is 8.47. The summed E-state index contributed by atoms with van der Waals surface area (Å²) in [7, 11) is 0. The third kappa shape index (κ3) is 2.43. The van der Waals surface area contributed by atoms with Gasteiger partial charge in [0.25, 0.3) is 0 Å². The fraction of sp³-hybridized carbons (Fsp3) is 0.0909. The second-order valence-corrected chi connectivity index (χ2v) is 4.11. The third-order valence-electron chi connectivity index (χ3n) is 2.34. The number of nitrogens with zero attached hydrogens (tertiary/aromatic N) is 2. The maximum Gasteiger partial charge on any atom is 0.358 e. The van der Waals surface area contributed by atoms with Crippen LogP contribution in [0.25, 0.3) is 0 Å². The molecule has 0 saturated carbocycles. The Morgan fingerprint density at radius 2 is 2.28 bits per heavy atom. The normalized spacial score (nSPS) is 10.6. The Labute approximate surface area is 107 Å². The lowest BCUT2D eigenvalue weighted by Crippen LogP contribution is -2.05. The monoisotopic (exact) mass is 269 g/mol. The third-order valence-corrected chi connectivity index (χ3v) is 2.58. The molecule has 0 aliphatic rings. The predicted octanol–water partition coefficient (Wildman–Crippen LogP) is 2.00. The van der Waals surface area contributed by atoms with E-state index in [4.69, 9.17) is 22.4 Å². The van der Waals surface area contributed by atoms with Crippen LogP contribution in [0.4, 0.5) is 10.1 Å². The molecule has 94 valence electrons. The van der Waals surface area contributed by atoms with Crippen molar-refractivity contribution in [2.75, 3.05) is 5.73 Å². The van der Waals surface area contributed by atoms with E-state index in [1.165, 1.54) is 23.0 Å². The summed E-state index contributed by atoms with van der Waals surface area (Å²) in [6.07, 6.45) is 1.34. The molecule has 2 aromatic rings. The summed E-state index contributed by atoms with van der Waals surface area (Å²) in [6.45, 7) is 0.0838. The molecule has 0 aliphatic heterocycles. The van der Waals surface area contributed by atoms with Crippen molar-refractivity contribution in [3.8, 4) is 0 Å². The van der Waals surface area contributed by atoms with Crippen molar-refractivity contribution in [2.45, 2.75) is 6.54 Å². The zero-order valence-corrected chi connectivity index (χ0v) is 9.86. The van der Waals surface area contributed by atoms with E-state index in [-0.39, 0.29) is 17.9 Å². The maximum absolute atomic E-state index is 13.5. The van der Waals surface area contributed by atoms with Gasteiger partial charge >= 0.3 is 5.97 Å². The second-order valence-electron chi connectivity index (χ2n) is 3.67. The van der Waals surface area contributed by atoms with E-state index >= 15 is 0 Å². The molecule has 0 unspecified atom stereocenters. The number of benzene rings is 1. The van der Waals surface area contributed by atoms with Crippen LogP contribution in [0, 0.1) is 5.82 Å². The minimum absolute atomic E-state index is 0.0388. The Morgan fingerprint density at radius 1 is 1.56 bits per heavy atom. The number of carboxylic acid groups (broad SMARTS) is 1. The van der Waals surface area contributed by atoms with Gasteiger partial charge in [0.15, 0.2) is 5.69 Å². The van der Waals surface area contributed by atoms with E-state index < -0.39 is 11.8 Å². The number of carboxylic acids is 1. The molecule has 0 radical (unpaired) electrons. The van der Waals surface area contributed by atoms with Gasteiger partial charge in [-0.2, -0.15) is 5.10 Å². The molecule has 0 saturated heterocycles. The summed E-state index contributed by atoms with van der Waals surface area (Å²) in [5.41, 5.74) is 5.62. The van der Waals surface area contributed by atoms with Crippen molar-refractivity contribution in [2.24, 2.45) is 0 Å². The summed E-state index contributed by atoms with van der Waals surface area (Å²) in [4.78, 5) is 10.8. The lowest BCUT2D eigenvalue weighted by atomic mass is 10.2. The number of hydrogen-bond donors (Lipinski definition) is 2. The molecule has 5 nitrogen and oxygen atoms in total. The number of aromatic nitrogens is 2. The number of carbonyl (C=O) groups is 1. The minimum Gasteiger partial charge on any atom is -0.476 e. The van der Waals surface area contributed by atoms with Crippen LogP contribution in [0.5, 0.6) is 0 Å². The number of nitrogens with two attached hydrogens (primary N) is 1. The van der Waals surface area contributed by atoms with E-state index in [1.54, 1.807) is 6.07 Å². The molecule has 7 heteroatoms. The number of rotatable bonds is 3. The predicted molar refractivity (Wildman–Crippen MR) is 64.1 cm³/mol. The highest BCUT2D eigenvalue weighted by Crippen LogP contribution is 2.17. The van der Waals surface area contributed by atoms with E-state index in [1.807, 2.05) is 0 Å². The standard InChI is InChI=1S/C11H9ClFN3O2/c12-7-2-1-6(8(13)3-7)4-16-5-9(14)10(15-16)11(17)18/h1-3,5H,4,14H2,(H,17,18). The summed E-state index contributed by atoms with van der Waals surface area (Å²) in [5.74, 6) is -1.70. The average Bonchev–Trinajstić information content (AvgIpc) is 2.64. The van der Waals surface area contributed by atoms with Crippen LogP contribution in [0.15, 0.2) is 24.4 Å². The highest BCUT2D eigenvalue weighted by Gasteiger charge is 2.14. The molecule has 18 heavy (non-hydrogen) atoms. The first kappa shape index (κ1) is 12.4. The first-order valence-electron chi connectivity index (χ1n) is 4.97. The SMILES string of the molecule is Nc1cn(Cc2ccc(Cl)cc2F)nc1C(=O)O. The lowest BCUT2D eigenvalue weighted by Gasteiger charge is -2.03. The number of hydrogen-bond acceptors (Lipinski definition) is 3. The second kappa shape index (κ2) is 4.66. The van der Waals surface area contributed by atoms with Gasteiger partial charge in [-0.05, 0) is 12.1 Å². The van der Waals surface area contributed by atoms with Crippen LogP contribution in [0.2, 0.25) is 5.02 Å². The maximum atomic E-state index is 13.5. The molecule has 2 rings (SSSR count). The number of anilines is 1. The van der Waals surface area contributed by atoms with Crippen LogP contribution in [0.3, 0.4) is 0 Å². The number of aromatic carboxylic acids is 1. The molecule has 1 heterocycles. The summed E-state index contributed by atoms with van der Waals surface area (Å²) >= 11 is 5.63. The lowest BCUT2D eigenvalue weighted by molar-refractivity contribution is 0.0690. The highest BCUT2D eigenvalue weighted by molar-refractivity contribution is 6.30. The first-order valence-corrected chi connectivity index (χ1v) is 5.35. The molecule has 3 N–H and O–H groups in total. The fourth-order valence-corrected chi connectivity index (χ4v) is 1.67. The minimum atomic E-state index is -1.22. The molecule has 0 spiro atoms. The van der Waals surface area contributed by atoms with Gasteiger partial charge in [0, 0.05) is 16.8 Å². The number of nitrogen functional groups attached to an aromatic ring is 1. The highest BCUT2D eigenvalue weighted by atomic mass is 35.5. The average molecular weight is 270 g/mol. The van der Waals surface area contributed by atoms with Crippen molar-refractivity contribution in [3.63, 3.8) is 0 Å². The van der Waals surface area contributed by atoms with Gasteiger partial charge in [0.05, 0.1) is 12.2 Å². The van der Waals surface area contributed by atoms with Crippen LogP contribution in [0.1, 0.15) is 16.1 Å². The van der Waals surface area contributed by atoms with Crippen molar-refractivity contribution >= 4 is 23.3 Å². The van der Waals surface area contributed by atoms with E-state index in [0.717, 1.165) is 0 Å². The van der Waals surface area contributed by atoms with Crippen molar-refractivity contribution in [1.82, 2.24) is 9.78 Å². The Morgan fingerprint density at radius 3 is 2.83 bits per heavy atom. The van der Waals surface area contributed by atoms with Gasteiger partial charge in [0.1, 0.15) is 5.82 Å². The van der Waals surface area contributed by atoms with Crippen molar-refractivity contribution < 1.29 is 14.3 Å². The van der Waals surface area contributed by atoms with Crippen LogP contribution < -0.4 is 5.73 Å². The largest absolute Gasteiger partial charge is 0.476 e. The molecular weight excluding hydrogens is 261 g/mol. The van der Waals surface area contributed by atoms with Crippen molar-refractivity contribution in [1.29, 1.82) is 0 Å². The van der Waals surface area contributed by atoms with Crippen LogP contribution in [-0.2, 0) is 6.54 Å². The summed E-state index contributed by atoms with van der Waals surface area (Å²) < 4.78 is 14.8. The van der Waals surface area contributed by atoms with Gasteiger partial charge < -0.3 is 10.8 Å². The molecule has 0 bridgehead atoms. The van der Waals surface area contributed by atoms with E-state index in [0.29, 0.717) is 10.6 Å². The molecule has 0 aliphatic carbocycles. The quantitative estimate of drug-likeness (QED) is 0.893. The van der Waals surface area contributed by atoms with Crippen LogP contribution >= 0.6 is 11.6 Å². The van der Waals surface area contributed by atoms with Crippen LogP contribution in [-0.4, -0.2) is 20.9 Å². The van der Waals surface area contributed by atoms with Gasteiger partial charge in [-0.25, -0.2) is 9.18 Å². The van der Waals surface area contributed by atoms with Gasteiger partial charge in [-0.15, -0.1) is 0 Å².